The smallest absolute Gasteiger partial charge is 0.269 e. The summed E-state index contributed by atoms with van der Waals surface area (Å²) in [6.45, 7) is 7.57. The van der Waals surface area contributed by atoms with Crippen LogP contribution in [0.4, 0.5) is 11.4 Å². The second-order valence-electron chi connectivity index (χ2n) is 9.48. The van der Waals surface area contributed by atoms with Gasteiger partial charge in [0, 0.05) is 56.7 Å². The van der Waals surface area contributed by atoms with Gasteiger partial charge in [-0.3, -0.25) is 19.8 Å². The average molecular weight is 519 g/mol. The molecule has 12 nitrogen and oxygen atoms in total. The van der Waals surface area contributed by atoms with Crippen LogP contribution in [-0.2, 0) is 11.3 Å². The average Bonchev–Trinajstić information content (AvgIpc) is 3.39. The lowest BCUT2D eigenvalue weighted by atomic mass is 9.99. The van der Waals surface area contributed by atoms with Gasteiger partial charge in [0.15, 0.2) is 5.82 Å². The number of benzene rings is 2. The fourth-order valence-corrected chi connectivity index (χ4v) is 5.01. The van der Waals surface area contributed by atoms with Crippen molar-refractivity contribution < 1.29 is 9.66 Å². The van der Waals surface area contributed by atoms with Gasteiger partial charge in [-0.1, -0.05) is 12.1 Å². The number of piperazine rings is 1. The van der Waals surface area contributed by atoms with Gasteiger partial charge in [0.1, 0.15) is 6.04 Å². The van der Waals surface area contributed by atoms with E-state index in [2.05, 4.69) is 36.4 Å². The van der Waals surface area contributed by atoms with Crippen LogP contribution in [0.3, 0.4) is 0 Å². The molecular weight excluding hydrogens is 488 g/mol. The number of nitrogens with one attached hydrogen (secondary N) is 1. The molecule has 0 amide bonds. The molecule has 198 valence electrons. The molecule has 1 aliphatic heterocycles. The molecule has 1 N–H and O–H groups in total. The minimum Gasteiger partial charge on any atom is -0.383 e. The summed E-state index contributed by atoms with van der Waals surface area (Å²) in [4.78, 5) is 31.7. The van der Waals surface area contributed by atoms with Crippen LogP contribution in [0.25, 0.3) is 10.9 Å². The first-order valence-electron chi connectivity index (χ1n) is 12.5. The van der Waals surface area contributed by atoms with Gasteiger partial charge >= 0.3 is 0 Å². The fourth-order valence-electron chi connectivity index (χ4n) is 5.01. The van der Waals surface area contributed by atoms with Crippen LogP contribution in [0.2, 0.25) is 0 Å². The third kappa shape index (κ3) is 4.87. The Hall–Kier alpha value is -4.16. The van der Waals surface area contributed by atoms with Gasteiger partial charge in [-0.15, -0.1) is 5.10 Å². The molecule has 0 aliphatic carbocycles. The number of aromatic amines is 1. The molecule has 0 spiro atoms. The molecule has 2 aromatic heterocycles. The maximum atomic E-state index is 13.5. The molecule has 5 rings (SSSR count). The molecule has 1 fully saturated rings. The van der Waals surface area contributed by atoms with Crippen molar-refractivity contribution >= 4 is 22.3 Å². The third-order valence-electron chi connectivity index (χ3n) is 7.29. The van der Waals surface area contributed by atoms with E-state index in [1.165, 1.54) is 12.1 Å². The Morgan fingerprint density at radius 1 is 1.11 bits per heavy atom. The topological polar surface area (TPSA) is 135 Å². The zero-order chi connectivity index (χ0) is 26.8. The van der Waals surface area contributed by atoms with Crippen molar-refractivity contribution in [1.82, 2.24) is 30.1 Å². The highest BCUT2D eigenvalue weighted by Crippen LogP contribution is 2.30. The van der Waals surface area contributed by atoms with E-state index in [0.717, 1.165) is 27.7 Å². The van der Waals surface area contributed by atoms with Crippen LogP contribution in [0, 0.1) is 24.0 Å². The molecule has 1 saturated heterocycles. The number of rotatable bonds is 8. The summed E-state index contributed by atoms with van der Waals surface area (Å²) in [7, 11) is 1.62. The Morgan fingerprint density at radius 2 is 1.84 bits per heavy atom. The number of nitro benzene ring substituents is 1. The molecule has 2 aromatic carbocycles. The SMILES string of the molecule is COCCn1nnnc1C(c1cc2ccc(C)c(C)c2[nH]c1=O)N1CCN(c2ccc([N+](=O)[O-])cc2)CC1. The number of anilines is 1. The minimum absolute atomic E-state index is 0.0660. The van der Waals surface area contributed by atoms with Crippen LogP contribution in [0.1, 0.15) is 28.6 Å². The van der Waals surface area contributed by atoms with Gasteiger partial charge in [-0.2, -0.15) is 0 Å². The van der Waals surface area contributed by atoms with E-state index in [1.807, 2.05) is 26.0 Å². The molecule has 0 saturated carbocycles. The standard InChI is InChI=1S/C26H30N8O4/c1-17-4-5-19-16-22(26(35)27-23(19)18(17)2)24(25-28-29-30-33(25)14-15-38-3)32-12-10-31(11-13-32)20-6-8-21(9-7-20)34(36)37/h4-9,16,24H,10-15H2,1-3H3,(H,27,35). The number of H-pyrrole nitrogens is 1. The van der Waals surface area contributed by atoms with Crippen LogP contribution >= 0.6 is 0 Å². The van der Waals surface area contributed by atoms with Crippen LogP contribution in [0.5, 0.6) is 0 Å². The predicted octanol–water partition coefficient (Wildman–Crippen LogP) is 2.60. The second-order valence-corrected chi connectivity index (χ2v) is 9.48. The second kappa shape index (κ2) is 10.7. The number of tetrazole rings is 1. The molecule has 3 heterocycles. The number of methoxy groups -OCH3 is 1. The number of pyridine rings is 1. The lowest BCUT2D eigenvalue weighted by Crippen LogP contribution is -2.49. The number of aromatic nitrogens is 5. The van der Waals surface area contributed by atoms with Gasteiger partial charge in [-0.25, -0.2) is 4.68 Å². The Balaban J connectivity index is 1.49. The Morgan fingerprint density at radius 3 is 2.53 bits per heavy atom. The highest BCUT2D eigenvalue weighted by Gasteiger charge is 2.33. The number of hydrogen-bond donors (Lipinski definition) is 1. The summed E-state index contributed by atoms with van der Waals surface area (Å²) in [5, 5.41) is 24.4. The Bertz CT molecular complexity index is 1510. The van der Waals surface area contributed by atoms with Crippen molar-refractivity contribution in [3.05, 3.63) is 85.4 Å². The maximum Gasteiger partial charge on any atom is 0.269 e. The van der Waals surface area contributed by atoms with Crippen LogP contribution in [-0.4, -0.2) is 74.9 Å². The summed E-state index contributed by atoms with van der Waals surface area (Å²) in [6.07, 6.45) is 0. The van der Waals surface area contributed by atoms with Crippen molar-refractivity contribution in [2.45, 2.75) is 26.4 Å². The number of ether oxygens (including phenoxy) is 1. The highest BCUT2D eigenvalue weighted by molar-refractivity contribution is 5.83. The van der Waals surface area contributed by atoms with E-state index < -0.39 is 11.0 Å². The van der Waals surface area contributed by atoms with Gasteiger partial charge in [0.25, 0.3) is 11.2 Å². The molecule has 12 heteroatoms. The van der Waals surface area contributed by atoms with Crippen molar-refractivity contribution in [1.29, 1.82) is 0 Å². The number of fused-ring (bicyclic) bond motifs is 1. The molecule has 4 aromatic rings. The fraction of sp³-hybridized carbons (Fsp3) is 0.385. The first kappa shape index (κ1) is 25.5. The molecule has 1 atom stereocenters. The minimum atomic E-state index is -0.462. The van der Waals surface area contributed by atoms with E-state index in [1.54, 1.807) is 23.9 Å². The Kier molecular flexibility index (Phi) is 7.16. The summed E-state index contributed by atoms with van der Waals surface area (Å²) < 4.78 is 6.94. The third-order valence-corrected chi connectivity index (χ3v) is 7.29. The van der Waals surface area contributed by atoms with Crippen molar-refractivity contribution in [3.63, 3.8) is 0 Å². The van der Waals surface area contributed by atoms with Crippen LogP contribution in [0.15, 0.2) is 47.3 Å². The number of nitro groups is 1. The van der Waals surface area contributed by atoms with Crippen molar-refractivity contribution in [2.75, 3.05) is 44.8 Å². The van der Waals surface area contributed by atoms with E-state index in [0.29, 0.717) is 50.7 Å². The van der Waals surface area contributed by atoms with E-state index >= 15 is 0 Å². The van der Waals surface area contributed by atoms with Gasteiger partial charge in [0.05, 0.1) is 23.6 Å². The normalized spacial score (nSPS) is 15.2. The summed E-state index contributed by atoms with van der Waals surface area (Å²) >= 11 is 0. The van der Waals surface area contributed by atoms with Crippen LogP contribution < -0.4 is 10.5 Å². The number of nitrogens with zero attached hydrogens (tertiary/aromatic N) is 7. The summed E-state index contributed by atoms with van der Waals surface area (Å²) in [5.74, 6) is 0.583. The summed E-state index contributed by atoms with van der Waals surface area (Å²) in [6, 6.07) is 12.2. The summed E-state index contributed by atoms with van der Waals surface area (Å²) in [5.41, 5.74) is 4.39. The first-order chi connectivity index (χ1) is 18.4. The van der Waals surface area contributed by atoms with E-state index in [-0.39, 0.29) is 11.2 Å². The number of non-ortho nitro benzene ring substituents is 1. The van der Waals surface area contributed by atoms with Crippen molar-refractivity contribution in [3.8, 4) is 0 Å². The lowest BCUT2D eigenvalue weighted by Gasteiger charge is -2.39. The Labute approximate surface area is 219 Å². The van der Waals surface area contributed by atoms with Crippen molar-refractivity contribution in [2.24, 2.45) is 0 Å². The molecular formula is C26H30N8O4. The quantitative estimate of drug-likeness (QED) is 0.276. The van der Waals surface area contributed by atoms with Gasteiger partial charge in [0.2, 0.25) is 0 Å². The molecule has 1 aliphatic rings. The highest BCUT2D eigenvalue weighted by atomic mass is 16.6. The molecule has 1 unspecified atom stereocenters. The monoisotopic (exact) mass is 518 g/mol. The van der Waals surface area contributed by atoms with E-state index in [4.69, 9.17) is 4.74 Å². The molecule has 0 radical (unpaired) electrons. The number of aryl methyl sites for hydroxylation is 2. The zero-order valence-electron chi connectivity index (χ0n) is 21.6. The van der Waals surface area contributed by atoms with Gasteiger partial charge < -0.3 is 14.6 Å². The van der Waals surface area contributed by atoms with E-state index in [9.17, 15) is 14.9 Å². The zero-order valence-corrected chi connectivity index (χ0v) is 21.6. The van der Waals surface area contributed by atoms with Gasteiger partial charge in [-0.05, 0) is 59.0 Å². The largest absolute Gasteiger partial charge is 0.383 e. The maximum absolute atomic E-state index is 13.5. The molecule has 0 bridgehead atoms. The molecule has 38 heavy (non-hydrogen) atoms. The predicted molar refractivity (Wildman–Crippen MR) is 142 cm³/mol. The first-order valence-corrected chi connectivity index (χ1v) is 12.5. The number of hydrogen-bond acceptors (Lipinski definition) is 9. The lowest BCUT2D eigenvalue weighted by molar-refractivity contribution is -0.384.